The molecule has 1 aliphatic heterocycles. The summed E-state index contributed by atoms with van der Waals surface area (Å²) in [5, 5.41) is 3.69. The number of hydrogen-bond acceptors (Lipinski definition) is 2. The number of ether oxygens (including phenoxy) is 1. The minimum atomic E-state index is 0.556. The van der Waals surface area contributed by atoms with Crippen molar-refractivity contribution in [3.05, 3.63) is 0 Å². The van der Waals surface area contributed by atoms with Crippen molar-refractivity contribution in [1.29, 1.82) is 0 Å². The van der Waals surface area contributed by atoms with E-state index in [0.29, 0.717) is 6.10 Å². The second-order valence-electron chi connectivity index (χ2n) is 5.16. The molecule has 1 N–H and O–H groups in total. The van der Waals surface area contributed by atoms with Gasteiger partial charge in [-0.25, -0.2) is 0 Å². The molecule has 2 rings (SSSR count). The molecule has 0 amide bonds. The van der Waals surface area contributed by atoms with Crippen LogP contribution >= 0.6 is 0 Å². The van der Waals surface area contributed by atoms with E-state index in [-0.39, 0.29) is 0 Å². The van der Waals surface area contributed by atoms with Gasteiger partial charge in [-0.3, -0.25) is 0 Å². The summed E-state index contributed by atoms with van der Waals surface area (Å²) in [6, 6.07) is 0.802. The zero-order valence-corrected chi connectivity index (χ0v) is 10.0. The highest BCUT2D eigenvalue weighted by molar-refractivity contribution is 4.80. The fraction of sp³-hybridized carbons (Fsp3) is 1.00. The normalized spacial score (nSPS) is 36.2. The number of hydrogen-bond donors (Lipinski definition) is 1. The lowest BCUT2D eigenvalue weighted by molar-refractivity contribution is 0.103. The van der Waals surface area contributed by atoms with Crippen molar-refractivity contribution < 1.29 is 4.74 Å². The monoisotopic (exact) mass is 211 g/mol. The van der Waals surface area contributed by atoms with E-state index in [4.69, 9.17) is 4.74 Å². The van der Waals surface area contributed by atoms with Gasteiger partial charge in [0, 0.05) is 12.6 Å². The highest BCUT2D eigenvalue weighted by atomic mass is 16.5. The van der Waals surface area contributed by atoms with E-state index in [1.165, 1.54) is 44.9 Å². The van der Waals surface area contributed by atoms with Crippen LogP contribution in [0.1, 0.15) is 51.9 Å². The van der Waals surface area contributed by atoms with Gasteiger partial charge in [0.2, 0.25) is 0 Å². The molecule has 2 aliphatic rings. The van der Waals surface area contributed by atoms with Gasteiger partial charge in [-0.15, -0.1) is 0 Å². The van der Waals surface area contributed by atoms with Gasteiger partial charge >= 0.3 is 0 Å². The Balaban J connectivity index is 1.54. The fourth-order valence-corrected chi connectivity index (χ4v) is 2.95. The summed E-state index contributed by atoms with van der Waals surface area (Å²) < 4.78 is 5.62. The summed E-state index contributed by atoms with van der Waals surface area (Å²) in [6.45, 7) is 4.47. The second-order valence-corrected chi connectivity index (χ2v) is 5.16. The molecule has 0 bridgehead atoms. The first-order valence-corrected chi connectivity index (χ1v) is 6.73. The quantitative estimate of drug-likeness (QED) is 0.755. The largest absolute Gasteiger partial charge is 0.378 e. The van der Waals surface area contributed by atoms with Crippen molar-refractivity contribution in [2.24, 2.45) is 5.92 Å². The molecule has 0 aromatic heterocycles. The molecule has 15 heavy (non-hydrogen) atoms. The van der Waals surface area contributed by atoms with Crippen molar-refractivity contribution in [1.82, 2.24) is 5.32 Å². The van der Waals surface area contributed by atoms with Gasteiger partial charge in [0.15, 0.2) is 0 Å². The van der Waals surface area contributed by atoms with Crippen molar-refractivity contribution in [2.75, 3.05) is 13.2 Å². The zero-order chi connectivity index (χ0) is 10.5. The Hall–Kier alpha value is -0.0800. The van der Waals surface area contributed by atoms with Crippen molar-refractivity contribution in [2.45, 2.75) is 64.0 Å². The van der Waals surface area contributed by atoms with E-state index in [1.54, 1.807) is 0 Å². The molecular formula is C13H25NO. The average molecular weight is 211 g/mol. The van der Waals surface area contributed by atoms with Gasteiger partial charge in [-0.05, 0) is 51.0 Å². The van der Waals surface area contributed by atoms with Crippen LogP contribution in [-0.2, 0) is 4.74 Å². The van der Waals surface area contributed by atoms with E-state index in [2.05, 4.69) is 12.2 Å². The molecule has 3 unspecified atom stereocenters. The molecule has 1 aliphatic carbocycles. The Bertz CT molecular complexity index is 177. The van der Waals surface area contributed by atoms with Crippen molar-refractivity contribution >= 4 is 0 Å². The van der Waals surface area contributed by atoms with Crippen LogP contribution in [0, 0.1) is 5.92 Å². The third-order valence-electron chi connectivity index (χ3n) is 4.04. The van der Waals surface area contributed by atoms with Gasteiger partial charge in [0.05, 0.1) is 6.10 Å². The second kappa shape index (κ2) is 5.86. The molecule has 1 saturated carbocycles. The van der Waals surface area contributed by atoms with Gasteiger partial charge in [-0.1, -0.05) is 13.3 Å². The zero-order valence-electron chi connectivity index (χ0n) is 10.0. The third-order valence-corrected chi connectivity index (χ3v) is 4.04. The molecule has 1 saturated heterocycles. The topological polar surface area (TPSA) is 21.3 Å². The number of nitrogens with one attached hydrogen (secondary N) is 1. The standard InChI is InChI=1S/C13H25NO/c1-2-11-5-6-12(10-11)14-8-7-13-4-3-9-15-13/h11-14H,2-10H2,1H3. The first-order valence-electron chi connectivity index (χ1n) is 6.73. The summed E-state index contributed by atoms with van der Waals surface area (Å²) in [5.41, 5.74) is 0. The van der Waals surface area contributed by atoms with Crippen LogP contribution in [0.15, 0.2) is 0 Å². The smallest absolute Gasteiger partial charge is 0.0588 e. The van der Waals surface area contributed by atoms with Gasteiger partial charge in [0.1, 0.15) is 0 Å². The molecule has 3 atom stereocenters. The Kier molecular flexibility index (Phi) is 4.45. The molecular weight excluding hydrogens is 186 g/mol. The molecule has 0 aromatic carbocycles. The summed E-state index contributed by atoms with van der Waals surface area (Å²) >= 11 is 0. The highest BCUT2D eigenvalue weighted by Crippen LogP contribution is 2.27. The van der Waals surface area contributed by atoms with E-state index in [1.807, 2.05) is 0 Å². The van der Waals surface area contributed by atoms with Gasteiger partial charge in [-0.2, -0.15) is 0 Å². The molecule has 1 heterocycles. The fourth-order valence-electron chi connectivity index (χ4n) is 2.95. The molecule has 0 aromatic rings. The molecule has 0 radical (unpaired) electrons. The van der Waals surface area contributed by atoms with Crippen LogP contribution < -0.4 is 5.32 Å². The predicted molar refractivity (Wildman–Crippen MR) is 63.0 cm³/mol. The molecule has 0 spiro atoms. The minimum absolute atomic E-state index is 0.556. The van der Waals surface area contributed by atoms with E-state index >= 15 is 0 Å². The van der Waals surface area contributed by atoms with Crippen LogP contribution in [0.5, 0.6) is 0 Å². The van der Waals surface area contributed by atoms with Gasteiger partial charge < -0.3 is 10.1 Å². The lowest BCUT2D eigenvalue weighted by Crippen LogP contribution is -2.29. The van der Waals surface area contributed by atoms with Crippen LogP contribution in [0.3, 0.4) is 0 Å². The Morgan fingerprint density at radius 1 is 1.27 bits per heavy atom. The molecule has 88 valence electrons. The van der Waals surface area contributed by atoms with Crippen molar-refractivity contribution in [3.63, 3.8) is 0 Å². The third kappa shape index (κ3) is 3.46. The predicted octanol–water partition coefficient (Wildman–Crippen LogP) is 2.72. The summed E-state index contributed by atoms with van der Waals surface area (Å²) in [5.74, 6) is 0.991. The molecule has 2 nitrogen and oxygen atoms in total. The Morgan fingerprint density at radius 3 is 2.87 bits per heavy atom. The van der Waals surface area contributed by atoms with Crippen LogP contribution in [0.25, 0.3) is 0 Å². The van der Waals surface area contributed by atoms with Gasteiger partial charge in [0.25, 0.3) is 0 Å². The first-order chi connectivity index (χ1) is 7.38. The first kappa shape index (κ1) is 11.4. The Labute approximate surface area is 93.8 Å². The SMILES string of the molecule is CCC1CCC(NCCC2CCCO2)C1. The number of rotatable bonds is 5. The lowest BCUT2D eigenvalue weighted by atomic mass is 10.1. The lowest BCUT2D eigenvalue weighted by Gasteiger charge is -2.15. The van der Waals surface area contributed by atoms with Crippen LogP contribution in [0.4, 0.5) is 0 Å². The summed E-state index contributed by atoms with van der Waals surface area (Å²) in [7, 11) is 0. The van der Waals surface area contributed by atoms with E-state index in [0.717, 1.165) is 25.1 Å². The van der Waals surface area contributed by atoms with Crippen LogP contribution in [0.2, 0.25) is 0 Å². The summed E-state index contributed by atoms with van der Waals surface area (Å²) in [4.78, 5) is 0. The minimum Gasteiger partial charge on any atom is -0.378 e. The maximum Gasteiger partial charge on any atom is 0.0588 e. The molecule has 2 heteroatoms. The van der Waals surface area contributed by atoms with Crippen LogP contribution in [-0.4, -0.2) is 25.3 Å². The van der Waals surface area contributed by atoms with E-state index in [9.17, 15) is 0 Å². The highest BCUT2D eigenvalue weighted by Gasteiger charge is 2.23. The van der Waals surface area contributed by atoms with Crippen molar-refractivity contribution in [3.8, 4) is 0 Å². The summed E-state index contributed by atoms with van der Waals surface area (Å²) in [6.07, 6.45) is 9.92. The maximum absolute atomic E-state index is 5.62. The maximum atomic E-state index is 5.62. The molecule has 2 fully saturated rings. The van der Waals surface area contributed by atoms with E-state index < -0.39 is 0 Å². The average Bonchev–Trinajstić information content (AvgIpc) is 2.88. The Morgan fingerprint density at radius 2 is 2.20 bits per heavy atom.